The van der Waals surface area contributed by atoms with Gasteiger partial charge >= 0.3 is 0 Å². The summed E-state index contributed by atoms with van der Waals surface area (Å²) in [6, 6.07) is 9.11. The molecule has 0 saturated carbocycles. The molecule has 0 atom stereocenters. The van der Waals surface area contributed by atoms with Gasteiger partial charge in [0.15, 0.2) is 6.61 Å². The van der Waals surface area contributed by atoms with E-state index in [1.807, 2.05) is 4.90 Å². The maximum Gasteiger partial charge on any atom is 0.260 e. The predicted molar refractivity (Wildman–Crippen MR) is 114 cm³/mol. The van der Waals surface area contributed by atoms with E-state index in [0.29, 0.717) is 23.9 Å². The number of ether oxygens (including phenoxy) is 1. The van der Waals surface area contributed by atoms with Gasteiger partial charge < -0.3 is 19.4 Å². The highest BCUT2D eigenvalue weighted by molar-refractivity contribution is 6.30. The summed E-state index contributed by atoms with van der Waals surface area (Å²) < 4.78 is 5.58. The molecule has 154 valence electrons. The molecule has 0 spiro atoms. The normalized spacial score (nSPS) is 17.3. The lowest BCUT2D eigenvalue weighted by Crippen LogP contribution is -2.50. The molecule has 3 heterocycles. The van der Waals surface area contributed by atoms with Gasteiger partial charge in [0.25, 0.3) is 5.91 Å². The number of hydrogen-bond acceptors (Lipinski definition) is 6. The molecule has 0 unspecified atom stereocenters. The third-order valence-corrected chi connectivity index (χ3v) is 5.70. The Hall–Kier alpha value is -2.54. The molecule has 2 aromatic rings. The first-order valence-corrected chi connectivity index (χ1v) is 10.5. The number of aromatic nitrogens is 2. The molecule has 1 amide bonds. The lowest BCUT2D eigenvalue weighted by atomic mass is 10.1. The minimum absolute atomic E-state index is 0.00343. The number of carbonyl (C=O) groups is 1. The Morgan fingerprint density at radius 2 is 1.52 bits per heavy atom. The zero-order chi connectivity index (χ0) is 20.1. The average molecular weight is 416 g/mol. The summed E-state index contributed by atoms with van der Waals surface area (Å²) in [5.41, 5.74) is 0. The SMILES string of the molecule is O=C(COc1ccc(Cl)cc1)N1CCN(c2cc(N3CCCCC3)ncn2)CC1. The minimum atomic E-state index is -0.00343. The van der Waals surface area contributed by atoms with Gasteiger partial charge in [0.2, 0.25) is 0 Å². The van der Waals surface area contributed by atoms with Crippen LogP contribution in [0.15, 0.2) is 36.7 Å². The van der Waals surface area contributed by atoms with Crippen LogP contribution in [0.2, 0.25) is 5.02 Å². The van der Waals surface area contributed by atoms with Gasteiger partial charge in [0.1, 0.15) is 23.7 Å². The van der Waals surface area contributed by atoms with Crippen LogP contribution in [0.3, 0.4) is 0 Å². The quantitative estimate of drug-likeness (QED) is 0.748. The van der Waals surface area contributed by atoms with E-state index in [0.717, 1.165) is 37.8 Å². The molecular formula is C21H26ClN5O2. The minimum Gasteiger partial charge on any atom is -0.484 e. The monoisotopic (exact) mass is 415 g/mol. The molecule has 2 fully saturated rings. The third kappa shape index (κ3) is 5.09. The number of benzene rings is 1. The summed E-state index contributed by atoms with van der Waals surface area (Å²) in [7, 11) is 0. The number of nitrogens with zero attached hydrogens (tertiary/aromatic N) is 5. The molecule has 1 aromatic heterocycles. The Balaban J connectivity index is 1.28. The first kappa shape index (κ1) is 19.8. The Morgan fingerprint density at radius 1 is 0.897 bits per heavy atom. The summed E-state index contributed by atoms with van der Waals surface area (Å²) in [5.74, 6) is 2.58. The molecule has 8 heteroatoms. The van der Waals surface area contributed by atoms with Crippen molar-refractivity contribution < 1.29 is 9.53 Å². The molecule has 4 rings (SSSR count). The van der Waals surface area contributed by atoms with E-state index in [-0.39, 0.29) is 12.5 Å². The maximum absolute atomic E-state index is 12.5. The smallest absolute Gasteiger partial charge is 0.260 e. The van der Waals surface area contributed by atoms with Crippen molar-refractivity contribution >= 4 is 29.1 Å². The molecule has 7 nitrogen and oxygen atoms in total. The fourth-order valence-corrected chi connectivity index (χ4v) is 3.88. The molecule has 0 N–H and O–H groups in total. The Morgan fingerprint density at radius 3 is 2.17 bits per heavy atom. The van der Waals surface area contributed by atoms with Crippen LogP contribution in [0.5, 0.6) is 5.75 Å². The number of halogens is 1. The Kier molecular flexibility index (Phi) is 6.34. The fourth-order valence-electron chi connectivity index (χ4n) is 3.76. The summed E-state index contributed by atoms with van der Waals surface area (Å²) in [5, 5.41) is 0.646. The average Bonchev–Trinajstić information content (AvgIpc) is 2.79. The highest BCUT2D eigenvalue weighted by atomic mass is 35.5. The van der Waals surface area contributed by atoms with Gasteiger partial charge in [0.05, 0.1) is 0 Å². The van der Waals surface area contributed by atoms with Crippen molar-refractivity contribution in [1.82, 2.24) is 14.9 Å². The molecule has 1 aromatic carbocycles. The first-order chi connectivity index (χ1) is 14.2. The van der Waals surface area contributed by atoms with E-state index in [2.05, 4.69) is 25.8 Å². The van der Waals surface area contributed by atoms with Crippen LogP contribution in [0.1, 0.15) is 19.3 Å². The van der Waals surface area contributed by atoms with Crippen molar-refractivity contribution in [3.63, 3.8) is 0 Å². The van der Waals surface area contributed by atoms with Crippen molar-refractivity contribution in [2.24, 2.45) is 0 Å². The highest BCUT2D eigenvalue weighted by Crippen LogP contribution is 2.22. The van der Waals surface area contributed by atoms with Gasteiger partial charge in [-0.15, -0.1) is 0 Å². The molecule has 2 aliphatic rings. The second-order valence-electron chi connectivity index (χ2n) is 7.39. The summed E-state index contributed by atoms with van der Waals surface area (Å²) in [6.07, 6.45) is 5.39. The van der Waals surface area contributed by atoms with Gasteiger partial charge in [-0.25, -0.2) is 9.97 Å². The van der Waals surface area contributed by atoms with Crippen molar-refractivity contribution in [3.8, 4) is 5.75 Å². The molecule has 2 aliphatic heterocycles. The number of anilines is 2. The maximum atomic E-state index is 12.5. The predicted octanol–water partition coefficient (Wildman–Crippen LogP) is 2.85. The van der Waals surface area contributed by atoms with Crippen molar-refractivity contribution in [3.05, 3.63) is 41.7 Å². The highest BCUT2D eigenvalue weighted by Gasteiger charge is 2.23. The summed E-state index contributed by atoms with van der Waals surface area (Å²) >= 11 is 5.87. The topological polar surface area (TPSA) is 61.8 Å². The van der Waals surface area contributed by atoms with Gasteiger partial charge in [-0.2, -0.15) is 0 Å². The Labute approximate surface area is 176 Å². The molecule has 2 saturated heterocycles. The van der Waals surface area contributed by atoms with Gasteiger partial charge in [-0.1, -0.05) is 11.6 Å². The second kappa shape index (κ2) is 9.31. The van der Waals surface area contributed by atoms with Crippen molar-refractivity contribution in [2.75, 3.05) is 55.7 Å². The molecular weight excluding hydrogens is 390 g/mol. The number of amides is 1. The molecule has 0 radical (unpaired) electrons. The molecule has 29 heavy (non-hydrogen) atoms. The number of carbonyl (C=O) groups excluding carboxylic acids is 1. The first-order valence-electron chi connectivity index (χ1n) is 10.2. The van der Waals surface area contributed by atoms with Crippen molar-refractivity contribution in [2.45, 2.75) is 19.3 Å². The third-order valence-electron chi connectivity index (χ3n) is 5.45. The van der Waals surface area contributed by atoms with Crippen LogP contribution in [-0.4, -0.2) is 66.7 Å². The van der Waals surface area contributed by atoms with Crippen LogP contribution < -0.4 is 14.5 Å². The number of hydrogen-bond donors (Lipinski definition) is 0. The van der Waals surface area contributed by atoms with E-state index < -0.39 is 0 Å². The number of piperazine rings is 1. The van der Waals surface area contributed by atoms with E-state index in [1.165, 1.54) is 19.3 Å². The van der Waals surface area contributed by atoms with E-state index in [1.54, 1.807) is 30.6 Å². The Bertz CT molecular complexity index is 818. The van der Waals surface area contributed by atoms with E-state index in [4.69, 9.17) is 16.3 Å². The fraction of sp³-hybridized carbons (Fsp3) is 0.476. The number of rotatable bonds is 5. The van der Waals surface area contributed by atoms with Crippen LogP contribution >= 0.6 is 11.6 Å². The largest absolute Gasteiger partial charge is 0.484 e. The van der Waals surface area contributed by atoms with Crippen LogP contribution in [0, 0.1) is 0 Å². The van der Waals surface area contributed by atoms with Crippen LogP contribution in [-0.2, 0) is 4.79 Å². The zero-order valence-electron chi connectivity index (χ0n) is 16.5. The van der Waals surface area contributed by atoms with Crippen molar-refractivity contribution in [1.29, 1.82) is 0 Å². The van der Waals surface area contributed by atoms with E-state index >= 15 is 0 Å². The molecule has 0 bridgehead atoms. The molecule has 0 aliphatic carbocycles. The standard InChI is InChI=1S/C21H26ClN5O2/c22-17-4-6-18(7-5-17)29-15-21(28)27-12-10-26(11-13-27)20-14-19(23-16-24-20)25-8-2-1-3-9-25/h4-7,14,16H,1-3,8-13,15H2. The van der Waals surface area contributed by atoms with Crippen LogP contribution in [0.4, 0.5) is 11.6 Å². The zero-order valence-corrected chi connectivity index (χ0v) is 17.2. The van der Waals surface area contributed by atoms with Gasteiger partial charge in [-0.05, 0) is 43.5 Å². The summed E-state index contributed by atoms with van der Waals surface area (Å²) in [6.45, 7) is 4.98. The van der Waals surface area contributed by atoms with E-state index in [9.17, 15) is 4.79 Å². The van der Waals surface area contributed by atoms with Crippen LogP contribution in [0.25, 0.3) is 0 Å². The lowest BCUT2D eigenvalue weighted by molar-refractivity contribution is -0.133. The van der Waals surface area contributed by atoms with Gasteiger partial charge in [0, 0.05) is 50.4 Å². The van der Waals surface area contributed by atoms with Gasteiger partial charge in [-0.3, -0.25) is 4.79 Å². The lowest BCUT2D eigenvalue weighted by Gasteiger charge is -2.36. The second-order valence-corrected chi connectivity index (χ2v) is 7.83. The summed E-state index contributed by atoms with van der Waals surface area (Å²) in [4.78, 5) is 27.8. The number of piperidine rings is 1.